The van der Waals surface area contributed by atoms with Gasteiger partial charge in [0.15, 0.2) is 12.3 Å². The van der Waals surface area contributed by atoms with E-state index in [1.165, 1.54) is 23.3 Å². The quantitative estimate of drug-likeness (QED) is 0.350. The van der Waals surface area contributed by atoms with E-state index >= 15 is 0 Å². The molecule has 1 aliphatic carbocycles. The third-order valence-corrected chi connectivity index (χ3v) is 8.43. The molecule has 0 unspecified atom stereocenters. The number of rotatable bonds is 10. The fraction of sp³-hybridized carbons (Fsp3) is 0.552. The number of ether oxygens (including phenoxy) is 2. The molecule has 1 saturated carbocycles. The highest BCUT2D eigenvalue weighted by Crippen LogP contribution is 2.40. The van der Waals surface area contributed by atoms with Gasteiger partial charge in [-0.05, 0) is 36.8 Å². The molecule has 2 fully saturated rings. The van der Waals surface area contributed by atoms with Crippen LogP contribution in [0.15, 0.2) is 23.7 Å². The number of hydrogen-bond acceptors (Lipinski definition) is 9. The van der Waals surface area contributed by atoms with E-state index in [1.807, 2.05) is 13.0 Å². The van der Waals surface area contributed by atoms with E-state index in [0.717, 1.165) is 16.1 Å². The predicted octanol–water partition coefficient (Wildman–Crippen LogP) is 2.28. The number of aryl methyl sites for hydroxylation is 1. The molecule has 228 valence electrons. The number of β-amino-alcohol motifs (C(OH)–C–C–N with tert-alkyl or cyclic N) is 1. The molecule has 1 aliphatic heterocycles. The van der Waals surface area contributed by atoms with Gasteiger partial charge in [-0.15, -0.1) is 11.3 Å². The number of halogens is 1. The van der Waals surface area contributed by atoms with E-state index in [1.54, 1.807) is 38.4 Å². The summed E-state index contributed by atoms with van der Waals surface area (Å²) in [5, 5.41) is 15.8. The van der Waals surface area contributed by atoms with E-state index in [2.05, 4.69) is 20.4 Å². The maximum Gasteiger partial charge on any atom is 0.343 e. The van der Waals surface area contributed by atoms with Gasteiger partial charge < -0.3 is 30.1 Å². The lowest BCUT2D eigenvalue weighted by molar-refractivity contribution is -0.145. The number of carbonyl (C=O) groups excluding carboxylic acids is 4. The molecule has 1 aromatic carbocycles. The van der Waals surface area contributed by atoms with E-state index < -0.39 is 53.0 Å². The van der Waals surface area contributed by atoms with Gasteiger partial charge in [0.1, 0.15) is 17.8 Å². The summed E-state index contributed by atoms with van der Waals surface area (Å²) < 4.78 is 24.8. The summed E-state index contributed by atoms with van der Waals surface area (Å²) in [5.74, 6) is -2.12. The number of aliphatic hydroxyl groups is 1. The minimum absolute atomic E-state index is 0.00468. The summed E-state index contributed by atoms with van der Waals surface area (Å²) in [5.41, 5.74) is 1.23. The predicted molar refractivity (Wildman–Crippen MR) is 152 cm³/mol. The summed E-state index contributed by atoms with van der Waals surface area (Å²) in [6.07, 6.45) is -0.732. The monoisotopic (exact) mass is 604 g/mol. The van der Waals surface area contributed by atoms with Crippen molar-refractivity contribution < 1.29 is 38.1 Å². The smallest absolute Gasteiger partial charge is 0.343 e. The number of likely N-dealkylation sites (tertiary alicyclic amines) is 1. The minimum Gasteiger partial charge on any atom is -0.482 e. The molecule has 0 bridgehead atoms. The van der Waals surface area contributed by atoms with Gasteiger partial charge in [-0.3, -0.25) is 14.4 Å². The van der Waals surface area contributed by atoms with Crippen LogP contribution < -0.4 is 15.4 Å². The molecule has 1 saturated heterocycles. The fourth-order valence-corrected chi connectivity index (χ4v) is 5.57. The number of amides is 3. The summed E-state index contributed by atoms with van der Waals surface area (Å²) >= 11 is 1.46. The van der Waals surface area contributed by atoms with Gasteiger partial charge in [0, 0.05) is 25.1 Å². The third kappa shape index (κ3) is 7.06. The van der Waals surface area contributed by atoms with Gasteiger partial charge in [0.05, 0.1) is 29.3 Å². The maximum atomic E-state index is 14.4. The molecule has 3 amide bonds. The lowest BCUT2D eigenvalue weighted by Crippen LogP contribution is -2.59. The first-order valence-corrected chi connectivity index (χ1v) is 14.6. The molecule has 3 N–H and O–H groups in total. The van der Waals surface area contributed by atoms with Gasteiger partial charge in [-0.25, -0.2) is 14.2 Å². The zero-order valence-electron chi connectivity index (χ0n) is 24.4. The second kappa shape index (κ2) is 12.3. The van der Waals surface area contributed by atoms with Crippen LogP contribution in [0.1, 0.15) is 51.3 Å². The highest BCUT2D eigenvalue weighted by Gasteiger charge is 2.53. The van der Waals surface area contributed by atoms with Crippen LogP contribution in [-0.4, -0.2) is 82.8 Å². The Kier molecular flexibility index (Phi) is 9.21. The zero-order chi connectivity index (χ0) is 30.8. The van der Waals surface area contributed by atoms with Crippen LogP contribution in [-0.2, 0) is 30.5 Å². The number of aliphatic hydroxyl groups excluding tert-OH is 1. The Balaban J connectivity index is 1.50. The Morgan fingerprint density at radius 2 is 1.98 bits per heavy atom. The first kappa shape index (κ1) is 31.4. The zero-order valence-corrected chi connectivity index (χ0v) is 25.2. The van der Waals surface area contributed by atoms with Crippen molar-refractivity contribution >= 4 is 35.0 Å². The van der Waals surface area contributed by atoms with Crippen molar-refractivity contribution in [2.45, 2.75) is 77.4 Å². The Morgan fingerprint density at radius 3 is 2.57 bits per heavy atom. The van der Waals surface area contributed by atoms with Crippen LogP contribution in [0.3, 0.4) is 0 Å². The Labute approximate surface area is 247 Å². The SMILES string of the molecule is COC(=O)COc1cc(-c2scnc2C)ccc1CNC(=O)[C@@H]1C[C@@H](O)CN1C(=O)[C@@H](NC(=O)C1(F)CC1)C(C)(C)C. The molecule has 0 spiro atoms. The number of benzene rings is 1. The van der Waals surface area contributed by atoms with Crippen molar-refractivity contribution in [2.24, 2.45) is 5.41 Å². The molecule has 4 rings (SSSR count). The molecule has 1 aromatic heterocycles. The number of esters is 1. The summed E-state index contributed by atoms with van der Waals surface area (Å²) in [6, 6.07) is 3.28. The lowest BCUT2D eigenvalue weighted by Gasteiger charge is -2.35. The Hall–Kier alpha value is -3.58. The summed E-state index contributed by atoms with van der Waals surface area (Å²) in [4.78, 5) is 57.7. The first-order valence-electron chi connectivity index (χ1n) is 13.7. The molecular weight excluding hydrogens is 567 g/mol. The van der Waals surface area contributed by atoms with E-state index in [9.17, 15) is 28.7 Å². The number of carbonyl (C=O) groups is 4. The lowest BCUT2D eigenvalue weighted by atomic mass is 9.85. The van der Waals surface area contributed by atoms with Crippen LogP contribution in [0.2, 0.25) is 0 Å². The molecule has 11 nitrogen and oxygen atoms in total. The maximum absolute atomic E-state index is 14.4. The average molecular weight is 605 g/mol. The average Bonchev–Trinajstić information content (AvgIpc) is 3.35. The minimum atomic E-state index is -1.97. The van der Waals surface area contributed by atoms with Gasteiger partial charge in [0.2, 0.25) is 11.8 Å². The molecule has 2 heterocycles. The summed E-state index contributed by atoms with van der Waals surface area (Å²) in [7, 11) is 1.25. The van der Waals surface area contributed by atoms with Gasteiger partial charge in [0.25, 0.3) is 5.91 Å². The number of methoxy groups -OCH3 is 1. The van der Waals surface area contributed by atoms with E-state index in [4.69, 9.17) is 4.74 Å². The number of nitrogens with zero attached hydrogens (tertiary/aromatic N) is 2. The largest absolute Gasteiger partial charge is 0.482 e. The normalized spacial score (nSPS) is 20.0. The van der Waals surface area contributed by atoms with Crippen molar-refractivity contribution in [1.82, 2.24) is 20.5 Å². The van der Waals surface area contributed by atoms with Crippen LogP contribution in [0.4, 0.5) is 4.39 Å². The van der Waals surface area contributed by atoms with Crippen molar-refractivity contribution in [2.75, 3.05) is 20.3 Å². The van der Waals surface area contributed by atoms with Crippen molar-refractivity contribution in [1.29, 1.82) is 0 Å². The van der Waals surface area contributed by atoms with Gasteiger partial charge in [-0.1, -0.05) is 32.9 Å². The Bertz CT molecular complexity index is 1350. The van der Waals surface area contributed by atoms with Crippen LogP contribution >= 0.6 is 11.3 Å². The van der Waals surface area contributed by atoms with Crippen LogP contribution in [0.5, 0.6) is 5.75 Å². The molecule has 3 atom stereocenters. The molecule has 42 heavy (non-hydrogen) atoms. The number of aromatic nitrogens is 1. The Morgan fingerprint density at radius 1 is 1.26 bits per heavy atom. The van der Waals surface area contributed by atoms with Crippen molar-refractivity contribution in [3.05, 3.63) is 35.0 Å². The topological polar surface area (TPSA) is 147 Å². The first-order chi connectivity index (χ1) is 19.7. The van der Waals surface area contributed by atoms with Gasteiger partial charge in [-0.2, -0.15) is 0 Å². The number of hydrogen-bond donors (Lipinski definition) is 3. The fourth-order valence-electron chi connectivity index (χ4n) is 4.77. The molecule has 2 aromatic rings. The highest BCUT2D eigenvalue weighted by atomic mass is 32.1. The molecule has 13 heteroatoms. The van der Waals surface area contributed by atoms with Crippen LogP contribution in [0, 0.1) is 12.3 Å². The second-order valence-corrected chi connectivity index (χ2v) is 12.7. The molecular formula is C29H37FN4O7S. The highest BCUT2D eigenvalue weighted by molar-refractivity contribution is 7.13. The van der Waals surface area contributed by atoms with Crippen molar-refractivity contribution in [3.63, 3.8) is 0 Å². The molecule has 2 aliphatic rings. The third-order valence-electron chi connectivity index (χ3n) is 7.45. The number of alkyl halides is 1. The number of thiazole rings is 1. The molecule has 0 radical (unpaired) electrons. The van der Waals surface area contributed by atoms with Crippen molar-refractivity contribution in [3.8, 4) is 16.2 Å². The summed E-state index contributed by atoms with van der Waals surface area (Å²) in [6.45, 7) is 6.68. The van der Waals surface area contributed by atoms with Gasteiger partial charge >= 0.3 is 5.97 Å². The van der Waals surface area contributed by atoms with E-state index in [0.29, 0.717) is 11.3 Å². The van der Waals surface area contributed by atoms with Crippen LogP contribution in [0.25, 0.3) is 10.4 Å². The second-order valence-electron chi connectivity index (χ2n) is 11.8. The number of nitrogens with one attached hydrogen (secondary N) is 2. The van der Waals surface area contributed by atoms with E-state index in [-0.39, 0.29) is 39.0 Å². The standard InChI is InChI=1S/C29H37FN4O7S/c1-16-23(42-15-32-16)17-6-7-18(21(10-17)41-14-22(36)40-5)12-31-25(37)20-11-19(35)13-34(20)26(38)24(28(2,3)4)33-27(39)29(30)8-9-29/h6-7,10,15,19-20,24,35H,8-9,11-14H2,1-5H3,(H,31,37)(H,33,39)/t19-,20+,24-/m1/s1.